The summed E-state index contributed by atoms with van der Waals surface area (Å²) < 4.78 is 13.4. The monoisotopic (exact) mass is 417 g/mol. The van der Waals surface area contributed by atoms with Gasteiger partial charge in [0.05, 0.1) is 11.6 Å². The number of halogens is 1. The van der Waals surface area contributed by atoms with Crippen molar-refractivity contribution >= 4 is 23.1 Å². The van der Waals surface area contributed by atoms with Gasteiger partial charge in [-0.15, -0.1) is 0 Å². The highest BCUT2D eigenvalue weighted by molar-refractivity contribution is 6.51. The van der Waals surface area contributed by atoms with Crippen LogP contribution in [0.25, 0.3) is 5.76 Å². The van der Waals surface area contributed by atoms with Gasteiger partial charge in [0, 0.05) is 11.3 Å². The molecule has 1 unspecified atom stereocenters. The van der Waals surface area contributed by atoms with Crippen molar-refractivity contribution in [2.75, 3.05) is 4.90 Å². The average Bonchev–Trinajstić information content (AvgIpc) is 3.00. The number of benzene rings is 3. The van der Waals surface area contributed by atoms with E-state index in [1.54, 1.807) is 18.2 Å². The van der Waals surface area contributed by atoms with Gasteiger partial charge in [-0.2, -0.15) is 0 Å². The number of phenols is 1. The summed E-state index contributed by atoms with van der Waals surface area (Å²) in [6.07, 6.45) is 0. The van der Waals surface area contributed by atoms with Crippen LogP contribution in [-0.2, 0) is 9.59 Å². The van der Waals surface area contributed by atoms with E-state index < -0.39 is 23.5 Å². The molecule has 31 heavy (non-hydrogen) atoms. The van der Waals surface area contributed by atoms with Crippen LogP contribution in [0.1, 0.15) is 28.3 Å². The molecule has 1 fully saturated rings. The smallest absolute Gasteiger partial charge is 0.300 e. The average molecular weight is 417 g/mol. The van der Waals surface area contributed by atoms with E-state index in [0.29, 0.717) is 11.3 Å². The van der Waals surface area contributed by atoms with Crippen LogP contribution in [0.3, 0.4) is 0 Å². The summed E-state index contributed by atoms with van der Waals surface area (Å²) >= 11 is 0. The number of nitrogens with zero attached hydrogens (tertiary/aromatic N) is 1. The van der Waals surface area contributed by atoms with Gasteiger partial charge in [-0.1, -0.05) is 29.8 Å². The Labute approximate surface area is 178 Å². The lowest BCUT2D eigenvalue weighted by atomic mass is 9.94. The van der Waals surface area contributed by atoms with Crippen LogP contribution < -0.4 is 4.90 Å². The van der Waals surface area contributed by atoms with Crippen molar-refractivity contribution in [3.8, 4) is 5.75 Å². The van der Waals surface area contributed by atoms with Gasteiger partial charge in [0.1, 0.15) is 17.3 Å². The Balaban J connectivity index is 1.96. The molecule has 1 atom stereocenters. The van der Waals surface area contributed by atoms with Crippen LogP contribution in [0.5, 0.6) is 5.75 Å². The van der Waals surface area contributed by atoms with Gasteiger partial charge in [-0.25, -0.2) is 4.39 Å². The number of Topliss-reactive ketones (excluding diaryl/α,β-unsaturated/α-hetero) is 1. The second kappa shape index (κ2) is 7.72. The zero-order chi connectivity index (χ0) is 22.3. The van der Waals surface area contributed by atoms with Gasteiger partial charge >= 0.3 is 0 Å². The number of ketones is 1. The van der Waals surface area contributed by atoms with Crippen molar-refractivity contribution in [1.82, 2.24) is 0 Å². The molecule has 3 aromatic rings. The maximum Gasteiger partial charge on any atom is 0.300 e. The number of aryl methyl sites for hydroxylation is 2. The number of carbonyl (C=O) groups excluding carboxylic acids is 2. The molecule has 0 saturated carbocycles. The third kappa shape index (κ3) is 3.57. The molecule has 4 rings (SSSR count). The van der Waals surface area contributed by atoms with Crippen molar-refractivity contribution in [1.29, 1.82) is 0 Å². The minimum atomic E-state index is -0.910. The molecular formula is C25H20FNO4. The maximum atomic E-state index is 13.4. The second-order valence-corrected chi connectivity index (χ2v) is 7.56. The number of carbonyl (C=O) groups is 2. The van der Waals surface area contributed by atoms with Crippen LogP contribution in [0, 0.1) is 19.7 Å². The van der Waals surface area contributed by atoms with Crippen molar-refractivity contribution in [2.45, 2.75) is 19.9 Å². The largest absolute Gasteiger partial charge is 0.508 e. The van der Waals surface area contributed by atoms with Crippen LogP contribution in [0.4, 0.5) is 10.1 Å². The van der Waals surface area contributed by atoms with Crippen LogP contribution in [0.2, 0.25) is 0 Å². The maximum absolute atomic E-state index is 13.4. The molecule has 0 spiro atoms. The van der Waals surface area contributed by atoms with E-state index in [1.807, 2.05) is 26.0 Å². The molecular weight excluding hydrogens is 397 g/mol. The molecule has 2 N–H and O–H groups in total. The SMILES string of the molecule is Cc1ccc(N2C(=O)C(=O)/C(=C(/O)c3ccc(F)cc3)C2c2ccc(O)cc2)c(C)c1. The molecule has 6 heteroatoms. The van der Waals surface area contributed by atoms with Crippen LogP contribution in [0.15, 0.2) is 72.3 Å². The van der Waals surface area contributed by atoms with Crippen molar-refractivity contribution in [3.63, 3.8) is 0 Å². The zero-order valence-corrected chi connectivity index (χ0v) is 17.0. The number of amides is 1. The molecule has 3 aromatic carbocycles. The number of hydrogen-bond acceptors (Lipinski definition) is 4. The van der Waals surface area contributed by atoms with Gasteiger partial charge in [0.15, 0.2) is 0 Å². The summed E-state index contributed by atoms with van der Waals surface area (Å²) in [5.41, 5.74) is 3.02. The Hall–Kier alpha value is -3.93. The summed E-state index contributed by atoms with van der Waals surface area (Å²) in [5.74, 6) is -2.44. The first-order valence-electron chi connectivity index (χ1n) is 9.71. The summed E-state index contributed by atoms with van der Waals surface area (Å²) in [6, 6.07) is 15.7. The molecule has 0 bridgehead atoms. The van der Waals surface area contributed by atoms with Crippen molar-refractivity contribution in [2.24, 2.45) is 0 Å². The van der Waals surface area contributed by atoms with Gasteiger partial charge in [0.2, 0.25) is 0 Å². The van der Waals surface area contributed by atoms with E-state index in [2.05, 4.69) is 0 Å². The first kappa shape index (κ1) is 20.3. The normalized spacial score (nSPS) is 17.9. The Morgan fingerprint density at radius 2 is 1.58 bits per heavy atom. The topological polar surface area (TPSA) is 77.8 Å². The minimum Gasteiger partial charge on any atom is -0.508 e. The highest BCUT2D eigenvalue weighted by atomic mass is 19.1. The van der Waals surface area contributed by atoms with E-state index >= 15 is 0 Å². The number of aromatic hydroxyl groups is 1. The van der Waals surface area contributed by atoms with Gasteiger partial charge in [0.25, 0.3) is 11.7 Å². The molecule has 0 aliphatic carbocycles. The Kier molecular flexibility index (Phi) is 5.07. The fourth-order valence-corrected chi connectivity index (χ4v) is 3.89. The third-order valence-corrected chi connectivity index (χ3v) is 5.38. The first-order valence-corrected chi connectivity index (χ1v) is 9.71. The molecule has 1 aliphatic heterocycles. The standard InChI is InChI=1S/C25H20FNO4/c1-14-3-12-20(15(2)13-14)27-22(16-6-10-19(28)11-7-16)21(24(30)25(27)31)23(29)17-4-8-18(26)9-5-17/h3-13,22,28-29H,1-2H3/b23-21+. The fourth-order valence-electron chi connectivity index (χ4n) is 3.89. The van der Waals surface area contributed by atoms with E-state index in [0.717, 1.165) is 11.1 Å². The lowest BCUT2D eigenvalue weighted by molar-refractivity contribution is -0.132. The fraction of sp³-hybridized carbons (Fsp3) is 0.120. The number of aliphatic hydroxyl groups is 1. The molecule has 5 nitrogen and oxygen atoms in total. The van der Waals surface area contributed by atoms with Gasteiger partial charge < -0.3 is 10.2 Å². The summed E-state index contributed by atoms with van der Waals surface area (Å²) in [6.45, 7) is 3.77. The molecule has 0 radical (unpaired) electrons. The van der Waals surface area contributed by atoms with E-state index in [4.69, 9.17) is 0 Å². The van der Waals surface area contributed by atoms with E-state index in [9.17, 15) is 24.2 Å². The zero-order valence-electron chi connectivity index (χ0n) is 17.0. The number of hydrogen-bond donors (Lipinski definition) is 2. The Morgan fingerprint density at radius 1 is 0.935 bits per heavy atom. The Morgan fingerprint density at radius 3 is 2.19 bits per heavy atom. The van der Waals surface area contributed by atoms with E-state index in [-0.39, 0.29) is 22.6 Å². The first-order chi connectivity index (χ1) is 14.8. The molecule has 1 saturated heterocycles. The number of anilines is 1. The second-order valence-electron chi connectivity index (χ2n) is 7.56. The summed E-state index contributed by atoms with van der Waals surface area (Å²) in [4.78, 5) is 27.5. The van der Waals surface area contributed by atoms with Gasteiger partial charge in [-0.3, -0.25) is 14.5 Å². The molecule has 156 valence electrons. The Bertz CT molecular complexity index is 1210. The highest BCUT2D eigenvalue weighted by Crippen LogP contribution is 2.43. The number of rotatable bonds is 3. The minimum absolute atomic E-state index is 0.0331. The predicted molar refractivity (Wildman–Crippen MR) is 115 cm³/mol. The number of aliphatic hydroxyl groups excluding tert-OH is 1. The van der Waals surface area contributed by atoms with Crippen molar-refractivity contribution in [3.05, 3.63) is 100 Å². The quantitative estimate of drug-likeness (QED) is 0.365. The molecule has 1 heterocycles. The van der Waals surface area contributed by atoms with E-state index in [1.165, 1.54) is 41.3 Å². The molecule has 1 aliphatic rings. The van der Waals surface area contributed by atoms with Crippen molar-refractivity contribution < 1.29 is 24.2 Å². The molecule has 0 aromatic heterocycles. The third-order valence-electron chi connectivity index (χ3n) is 5.38. The predicted octanol–water partition coefficient (Wildman–Crippen LogP) is 4.77. The number of phenolic OH excluding ortho intramolecular Hbond substituents is 1. The van der Waals surface area contributed by atoms with Crippen LogP contribution in [-0.4, -0.2) is 21.9 Å². The van der Waals surface area contributed by atoms with Gasteiger partial charge in [-0.05, 0) is 67.4 Å². The summed E-state index contributed by atoms with van der Waals surface area (Å²) in [5, 5.41) is 20.7. The lowest BCUT2D eigenvalue weighted by Gasteiger charge is -2.27. The van der Waals surface area contributed by atoms with Crippen LogP contribution >= 0.6 is 0 Å². The highest BCUT2D eigenvalue weighted by Gasteiger charge is 2.47. The summed E-state index contributed by atoms with van der Waals surface area (Å²) in [7, 11) is 0. The lowest BCUT2D eigenvalue weighted by Crippen LogP contribution is -2.30. The molecule has 1 amide bonds.